The number of carbonyl (C=O) groups excluding carboxylic acids is 1. The topological polar surface area (TPSA) is 114 Å². The molecule has 0 atom stereocenters. The molecular weight excluding hydrogens is 410 g/mol. The number of hydrogen-bond donors (Lipinski definition) is 3. The molecule has 3 aromatic carbocycles. The second-order valence-electron chi connectivity index (χ2n) is 7.09. The molecule has 0 bridgehead atoms. The summed E-state index contributed by atoms with van der Waals surface area (Å²) in [5, 5.41) is 18.5. The van der Waals surface area contributed by atoms with E-state index in [1.807, 2.05) is 12.1 Å². The number of para-hydroxylation sites is 1. The van der Waals surface area contributed by atoms with E-state index in [1.165, 1.54) is 40.4 Å². The van der Waals surface area contributed by atoms with E-state index in [0.717, 1.165) is 15.7 Å². The first-order chi connectivity index (χ1) is 15.5. The maximum atomic E-state index is 13.4. The van der Waals surface area contributed by atoms with Gasteiger partial charge in [0.05, 0.1) is 23.1 Å². The Kier molecular flexibility index (Phi) is 5.69. The highest BCUT2D eigenvalue weighted by molar-refractivity contribution is 5.90. The zero-order chi connectivity index (χ0) is 22.7. The predicted octanol–water partition coefficient (Wildman–Crippen LogP) is 2.42. The minimum atomic E-state index is -0.636. The first-order valence-electron chi connectivity index (χ1n) is 9.73. The Morgan fingerprint density at radius 1 is 0.938 bits per heavy atom. The third-order valence-electron chi connectivity index (χ3n) is 5.02. The largest absolute Gasteiger partial charge is 0.508 e. The fraction of sp³-hybridized carbons (Fsp3) is 0.0417. The SMILES string of the molecule is O=C(C=Cc1ccc(Cn2c(=O)n(-c3ccc(O)cc3)c(=O)c3ccccc32)cc1)NO. The maximum Gasteiger partial charge on any atom is 0.336 e. The van der Waals surface area contributed by atoms with Crippen LogP contribution in [-0.2, 0) is 11.3 Å². The number of aromatic hydroxyl groups is 1. The minimum Gasteiger partial charge on any atom is -0.508 e. The van der Waals surface area contributed by atoms with Crippen molar-refractivity contribution in [2.45, 2.75) is 6.54 Å². The highest BCUT2D eigenvalue weighted by Gasteiger charge is 2.14. The molecule has 0 saturated carbocycles. The smallest absolute Gasteiger partial charge is 0.336 e. The van der Waals surface area contributed by atoms with Gasteiger partial charge in [0.1, 0.15) is 5.75 Å². The number of nitrogens with zero attached hydrogens (tertiary/aromatic N) is 2. The molecule has 4 aromatic rings. The van der Waals surface area contributed by atoms with Crippen molar-refractivity contribution >= 4 is 22.9 Å². The van der Waals surface area contributed by atoms with E-state index >= 15 is 0 Å². The molecule has 1 amide bonds. The van der Waals surface area contributed by atoms with E-state index in [1.54, 1.807) is 42.5 Å². The molecule has 32 heavy (non-hydrogen) atoms. The number of hydrogen-bond acceptors (Lipinski definition) is 5. The van der Waals surface area contributed by atoms with Crippen LogP contribution in [0.15, 0.2) is 88.5 Å². The summed E-state index contributed by atoms with van der Waals surface area (Å²) in [5.74, 6) is -0.600. The lowest BCUT2D eigenvalue weighted by Gasteiger charge is -2.14. The van der Waals surface area contributed by atoms with E-state index in [2.05, 4.69) is 0 Å². The van der Waals surface area contributed by atoms with Crippen LogP contribution in [0.25, 0.3) is 22.7 Å². The number of phenolic OH excluding ortho intramolecular Hbond substituents is 1. The van der Waals surface area contributed by atoms with Gasteiger partial charge in [-0.3, -0.25) is 19.4 Å². The molecule has 160 valence electrons. The van der Waals surface area contributed by atoms with Gasteiger partial charge in [0.2, 0.25) is 0 Å². The summed E-state index contributed by atoms with van der Waals surface area (Å²) < 4.78 is 2.61. The predicted molar refractivity (Wildman–Crippen MR) is 120 cm³/mol. The van der Waals surface area contributed by atoms with E-state index in [9.17, 15) is 19.5 Å². The summed E-state index contributed by atoms with van der Waals surface area (Å²) in [7, 11) is 0. The molecule has 0 aliphatic heterocycles. The normalized spacial score (nSPS) is 11.2. The highest BCUT2D eigenvalue weighted by atomic mass is 16.5. The lowest BCUT2D eigenvalue weighted by Crippen LogP contribution is -2.39. The Hall–Kier alpha value is -4.43. The van der Waals surface area contributed by atoms with Crippen LogP contribution in [0.4, 0.5) is 0 Å². The third kappa shape index (κ3) is 4.07. The number of fused-ring (bicyclic) bond motifs is 1. The van der Waals surface area contributed by atoms with Crippen molar-refractivity contribution in [1.29, 1.82) is 0 Å². The van der Waals surface area contributed by atoms with Crippen LogP contribution in [0.3, 0.4) is 0 Å². The summed E-state index contributed by atoms with van der Waals surface area (Å²) in [6.45, 7) is 0.221. The van der Waals surface area contributed by atoms with Gasteiger partial charge in [0.25, 0.3) is 11.5 Å². The number of hydroxylamine groups is 1. The van der Waals surface area contributed by atoms with Gasteiger partial charge in [-0.05, 0) is 53.6 Å². The maximum absolute atomic E-state index is 13.4. The number of benzene rings is 3. The first kappa shape index (κ1) is 20.8. The summed E-state index contributed by atoms with van der Waals surface area (Å²) in [5.41, 5.74) is 3.02. The van der Waals surface area contributed by atoms with Crippen molar-refractivity contribution in [3.05, 3.63) is 111 Å². The van der Waals surface area contributed by atoms with Crippen molar-refractivity contribution < 1.29 is 15.1 Å². The second kappa shape index (κ2) is 8.75. The van der Waals surface area contributed by atoms with Crippen LogP contribution >= 0.6 is 0 Å². The Morgan fingerprint density at radius 2 is 1.62 bits per heavy atom. The summed E-state index contributed by atoms with van der Waals surface area (Å²) >= 11 is 0. The van der Waals surface area contributed by atoms with E-state index in [0.29, 0.717) is 16.6 Å². The van der Waals surface area contributed by atoms with Crippen molar-refractivity contribution in [2.75, 3.05) is 0 Å². The van der Waals surface area contributed by atoms with Crippen molar-refractivity contribution in [1.82, 2.24) is 14.6 Å². The lowest BCUT2D eigenvalue weighted by atomic mass is 10.1. The van der Waals surface area contributed by atoms with Gasteiger partial charge in [-0.25, -0.2) is 14.8 Å². The zero-order valence-corrected chi connectivity index (χ0v) is 16.8. The van der Waals surface area contributed by atoms with E-state index in [4.69, 9.17) is 5.21 Å². The molecule has 0 spiro atoms. The molecule has 0 unspecified atom stereocenters. The van der Waals surface area contributed by atoms with Crippen molar-refractivity contribution in [3.63, 3.8) is 0 Å². The summed E-state index contributed by atoms with van der Waals surface area (Å²) in [6.07, 6.45) is 2.74. The molecule has 0 radical (unpaired) electrons. The van der Waals surface area contributed by atoms with Gasteiger partial charge in [0, 0.05) is 6.08 Å². The first-order valence-corrected chi connectivity index (χ1v) is 9.73. The van der Waals surface area contributed by atoms with Crippen LogP contribution in [0, 0.1) is 0 Å². The molecule has 8 heteroatoms. The lowest BCUT2D eigenvalue weighted by molar-refractivity contribution is -0.124. The van der Waals surface area contributed by atoms with Crippen molar-refractivity contribution in [2.24, 2.45) is 0 Å². The number of phenols is 1. The van der Waals surface area contributed by atoms with E-state index < -0.39 is 17.2 Å². The molecule has 4 rings (SSSR count). The molecule has 3 N–H and O–H groups in total. The number of rotatable bonds is 5. The average molecular weight is 429 g/mol. The standard InChI is InChI=1S/C24H19N3O5/c28-19-12-10-18(11-13-19)27-23(30)20-3-1-2-4-21(20)26(24(27)31)15-17-7-5-16(6-8-17)9-14-22(29)25-32/h1-14,28,32H,15H2,(H,25,29). The molecule has 0 aliphatic carbocycles. The summed E-state index contributed by atoms with van der Waals surface area (Å²) in [6, 6.07) is 20.0. The van der Waals surface area contributed by atoms with Gasteiger partial charge in [-0.1, -0.05) is 36.4 Å². The highest BCUT2D eigenvalue weighted by Crippen LogP contribution is 2.15. The van der Waals surface area contributed by atoms with Crippen LogP contribution in [0.5, 0.6) is 5.75 Å². The number of amides is 1. The molecule has 8 nitrogen and oxygen atoms in total. The van der Waals surface area contributed by atoms with Gasteiger partial charge in [0.15, 0.2) is 0 Å². The van der Waals surface area contributed by atoms with Gasteiger partial charge in [-0.15, -0.1) is 0 Å². The van der Waals surface area contributed by atoms with Crippen molar-refractivity contribution in [3.8, 4) is 11.4 Å². The minimum absolute atomic E-state index is 0.0357. The quantitative estimate of drug-likeness (QED) is 0.256. The van der Waals surface area contributed by atoms with Gasteiger partial charge >= 0.3 is 5.69 Å². The number of carbonyl (C=O) groups is 1. The number of nitrogens with one attached hydrogen (secondary N) is 1. The van der Waals surface area contributed by atoms with Crippen LogP contribution in [0.2, 0.25) is 0 Å². The monoisotopic (exact) mass is 429 g/mol. The number of aromatic nitrogens is 2. The molecule has 1 aromatic heterocycles. The molecule has 0 saturated heterocycles. The Morgan fingerprint density at radius 3 is 2.31 bits per heavy atom. The fourth-order valence-corrected chi connectivity index (χ4v) is 3.43. The van der Waals surface area contributed by atoms with Crippen LogP contribution in [0.1, 0.15) is 11.1 Å². The Balaban J connectivity index is 1.80. The average Bonchev–Trinajstić information content (AvgIpc) is 2.82. The second-order valence-corrected chi connectivity index (χ2v) is 7.09. The van der Waals surface area contributed by atoms with Crippen LogP contribution in [-0.4, -0.2) is 25.4 Å². The van der Waals surface area contributed by atoms with E-state index in [-0.39, 0.29) is 12.3 Å². The zero-order valence-electron chi connectivity index (χ0n) is 16.8. The molecule has 1 heterocycles. The molecule has 0 aliphatic rings. The third-order valence-corrected chi connectivity index (χ3v) is 5.02. The molecular formula is C24H19N3O5. The fourth-order valence-electron chi connectivity index (χ4n) is 3.43. The summed E-state index contributed by atoms with van der Waals surface area (Å²) in [4.78, 5) is 37.5. The Labute approximate surface area is 181 Å². The Bertz CT molecular complexity index is 1430. The molecule has 0 fully saturated rings. The van der Waals surface area contributed by atoms with Crippen LogP contribution < -0.4 is 16.7 Å². The van der Waals surface area contributed by atoms with Gasteiger partial charge < -0.3 is 5.11 Å². The van der Waals surface area contributed by atoms with Gasteiger partial charge in [-0.2, -0.15) is 0 Å².